The average Bonchev–Trinajstić information content (AvgIpc) is 3.01. The second-order valence-electron chi connectivity index (χ2n) is 11.5. The van der Waals surface area contributed by atoms with Crippen LogP contribution in [0.4, 0.5) is 0 Å². The van der Waals surface area contributed by atoms with Crippen LogP contribution in [0, 0.1) is 0 Å². The van der Waals surface area contributed by atoms with Crippen LogP contribution in [-0.2, 0) is 28.6 Å². The van der Waals surface area contributed by atoms with Gasteiger partial charge in [-0.3, -0.25) is 14.5 Å². The minimum Gasteiger partial charge on any atom is -0.460 e. The second-order valence-corrected chi connectivity index (χ2v) is 11.5. The van der Waals surface area contributed by atoms with Crippen molar-refractivity contribution in [2.75, 3.05) is 6.61 Å². The van der Waals surface area contributed by atoms with E-state index in [2.05, 4.69) is 5.32 Å². The first-order valence-corrected chi connectivity index (χ1v) is 12.2. The molecule has 8 nitrogen and oxygen atoms in total. The van der Waals surface area contributed by atoms with E-state index in [1.54, 1.807) is 48.5 Å². The molecule has 1 saturated heterocycles. The molecular formula is C27H42N2O6. The summed E-state index contributed by atoms with van der Waals surface area (Å²) in [5.41, 5.74) is -1.06. The highest BCUT2D eigenvalue weighted by molar-refractivity contribution is 5.88. The number of esters is 2. The topological polar surface area (TPSA) is 94.2 Å². The maximum absolute atomic E-state index is 13.6. The Morgan fingerprint density at radius 1 is 1.06 bits per heavy atom. The van der Waals surface area contributed by atoms with Crippen LogP contribution in [0.25, 0.3) is 0 Å². The van der Waals surface area contributed by atoms with Gasteiger partial charge in [-0.1, -0.05) is 30.3 Å². The van der Waals surface area contributed by atoms with Gasteiger partial charge >= 0.3 is 11.9 Å². The maximum Gasteiger partial charge on any atom is 0.328 e. The third-order valence-corrected chi connectivity index (χ3v) is 5.54. The number of nitrogens with one attached hydrogen (secondary N) is 1. The molecule has 1 N–H and O–H groups in total. The summed E-state index contributed by atoms with van der Waals surface area (Å²) < 4.78 is 17.0. The Labute approximate surface area is 209 Å². The number of ether oxygens (including phenoxy) is 3. The van der Waals surface area contributed by atoms with Crippen molar-refractivity contribution < 1.29 is 28.6 Å². The Kier molecular flexibility index (Phi) is 9.11. The third kappa shape index (κ3) is 8.61. The van der Waals surface area contributed by atoms with E-state index in [1.807, 2.05) is 49.1 Å². The van der Waals surface area contributed by atoms with Crippen LogP contribution in [0.15, 0.2) is 30.3 Å². The molecule has 1 aliphatic heterocycles. The number of hydrogen-bond acceptors (Lipinski definition) is 7. The van der Waals surface area contributed by atoms with Crippen molar-refractivity contribution >= 4 is 17.8 Å². The molecule has 0 radical (unpaired) electrons. The normalized spacial score (nSPS) is 20.1. The van der Waals surface area contributed by atoms with E-state index in [-0.39, 0.29) is 30.8 Å². The SMILES string of the molecule is C[C@H](NC(=O)[C@H](CCC(=O)OC(C)(C)C)N1[C@H](c2ccccc2)COC1(C)C)C(=O)OC(C)(C)C. The number of rotatable bonds is 8. The van der Waals surface area contributed by atoms with E-state index >= 15 is 0 Å². The minimum absolute atomic E-state index is 0.0459. The van der Waals surface area contributed by atoms with Crippen LogP contribution in [0.1, 0.15) is 86.8 Å². The van der Waals surface area contributed by atoms with Crippen LogP contribution in [-0.4, -0.2) is 58.4 Å². The van der Waals surface area contributed by atoms with E-state index in [0.29, 0.717) is 6.61 Å². The monoisotopic (exact) mass is 490 g/mol. The number of nitrogens with zero attached hydrogens (tertiary/aromatic N) is 1. The molecule has 1 aromatic rings. The summed E-state index contributed by atoms with van der Waals surface area (Å²) in [5, 5.41) is 2.80. The fourth-order valence-electron chi connectivity index (χ4n) is 4.14. The van der Waals surface area contributed by atoms with Gasteiger partial charge in [0.15, 0.2) is 0 Å². The molecule has 1 fully saturated rings. The maximum atomic E-state index is 13.6. The summed E-state index contributed by atoms with van der Waals surface area (Å²) in [6, 6.07) is 8.02. The Hall–Kier alpha value is -2.45. The van der Waals surface area contributed by atoms with Crippen molar-refractivity contribution in [3.05, 3.63) is 35.9 Å². The highest BCUT2D eigenvalue weighted by Gasteiger charge is 2.47. The first-order valence-electron chi connectivity index (χ1n) is 12.2. The van der Waals surface area contributed by atoms with E-state index in [1.165, 1.54) is 0 Å². The molecule has 0 bridgehead atoms. The van der Waals surface area contributed by atoms with E-state index < -0.39 is 35.0 Å². The van der Waals surface area contributed by atoms with E-state index in [0.717, 1.165) is 5.56 Å². The van der Waals surface area contributed by atoms with Crippen LogP contribution in [0.5, 0.6) is 0 Å². The summed E-state index contributed by atoms with van der Waals surface area (Å²) >= 11 is 0. The van der Waals surface area contributed by atoms with Crippen molar-refractivity contribution in [3.63, 3.8) is 0 Å². The van der Waals surface area contributed by atoms with Gasteiger partial charge in [0.2, 0.25) is 5.91 Å². The molecule has 196 valence electrons. The van der Waals surface area contributed by atoms with Gasteiger partial charge in [-0.05, 0) is 74.3 Å². The number of carbonyl (C=O) groups excluding carboxylic acids is 3. The van der Waals surface area contributed by atoms with Crippen LogP contribution in [0.2, 0.25) is 0 Å². The van der Waals surface area contributed by atoms with Gasteiger partial charge in [-0.15, -0.1) is 0 Å². The standard InChI is InChI=1S/C27H42N2O6/c1-18(24(32)35-26(5,6)7)28-23(31)20(15-16-22(30)34-25(2,3)4)29-21(17-33-27(29,8)9)19-13-11-10-12-14-19/h10-14,18,20-21H,15-17H2,1-9H3,(H,28,31)/t18-,20-,21-/m0/s1. The predicted octanol–water partition coefficient (Wildman–Crippen LogP) is 4.13. The van der Waals surface area contributed by atoms with E-state index in [4.69, 9.17) is 14.2 Å². The molecule has 0 unspecified atom stereocenters. The lowest BCUT2D eigenvalue weighted by Gasteiger charge is -2.39. The summed E-state index contributed by atoms with van der Waals surface area (Å²) in [6.45, 7) is 16.5. The van der Waals surface area contributed by atoms with Gasteiger partial charge in [0.1, 0.15) is 23.0 Å². The largest absolute Gasteiger partial charge is 0.460 e. The molecule has 1 aliphatic rings. The number of carbonyl (C=O) groups is 3. The molecule has 3 atom stereocenters. The zero-order valence-electron chi connectivity index (χ0n) is 22.6. The lowest BCUT2D eigenvalue weighted by atomic mass is 9.99. The van der Waals surface area contributed by atoms with Crippen molar-refractivity contribution in [2.45, 2.75) is 110 Å². The molecule has 0 saturated carbocycles. The molecule has 1 heterocycles. The second kappa shape index (κ2) is 11.1. The van der Waals surface area contributed by atoms with Crippen molar-refractivity contribution in [3.8, 4) is 0 Å². The van der Waals surface area contributed by atoms with Crippen molar-refractivity contribution in [1.29, 1.82) is 0 Å². The zero-order valence-corrected chi connectivity index (χ0v) is 22.6. The van der Waals surface area contributed by atoms with Gasteiger partial charge in [-0.2, -0.15) is 0 Å². The van der Waals surface area contributed by atoms with E-state index in [9.17, 15) is 14.4 Å². The molecule has 8 heteroatoms. The predicted molar refractivity (Wildman–Crippen MR) is 133 cm³/mol. The van der Waals surface area contributed by atoms with Crippen LogP contribution in [0.3, 0.4) is 0 Å². The molecule has 0 aromatic heterocycles. The van der Waals surface area contributed by atoms with Gasteiger partial charge in [0.05, 0.1) is 18.7 Å². The Balaban J connectivity index is 2.32. The minimum atomic E-state index is -0.854. The lowest BCUT2D eigenvalue weighted by molar-refractivity contribution is -0.160. The third-order valence-electron chi connectivity index (χ3n) is 5.54. The zero-order chi connectivity index (χ0) is 26.6. The molecule has 1 amide bonds. The van der Waals surface area contributed by atoms with Gasteiger partial charge < -0.3 is 19.5 Å². The Morgan fingerprint density at radius 3 is 2.17 bits per heavy atom. The molecule has 1 aromatic carbocycles. The highest BCUT2D eigenvalue weighted by atomic mass is 16.6. The number of hydrogen-bond donors (Lipinski definition) is 1. The van der Waals surface area contributed by atoms with Gasteiger partial charge in [-0.25, -0.2) is 4.79 Å². The summed E-state index contributed by atoms with van der Waals surface area (Å²) in [7, 11) is 0. The van der Waals surface area contributed by atoms with Crippen LogP contribution < -0.4 is 5.32 Å². The summed E-state index contributed by atoms with van der Waals surface area (Å²) in [6.07, 6.45) is 0.252. The summed E-state index contributed by atoms with van der Waals surface area (Å²) in [5.74, 6) is -1.27. The van der Waals surface area contributed by atoms with Gasteiger partial charge in [0.25, 0.3) is 0 Å². The summed E-state index contributed by atoms with van der Waals surface area (Å²) in [4.78, 5) is 40.6. The Bertz CT molecular complexity index is 885. The first-order chi connectivity index (χ1) is 16.0. The molecule has 2 rings (SSSR count). The molecule has 0 spiro atoms. The fourth-order valence-corrected chi connectivity index (χ4v) is 4.14. The quantitative estimate of drug-likeness (QED) is 0.548. The Morgan fingerprint density at radius 2 is 1.63 bits per heavy atom. The molecular weight excluding hydrogens is 448 g/mol. The number of benzene rings is 1. The first kappa shape index (κ1) is 28.8. The highest BCUT2D eigenvalue weighted by Crippen LogP contribution is 2.39. The number of amides is 1. The van der Waals surface area contributed by atoms with Crippen LogP contribution >= 0.6 is 0 Å². The lowest BCUT2D eigenvalue weighted by Crippen LogP contribution is -2.56. The van der Waals surface area contributed by atoms with Gasteiger partial charge in [0, 0.05) is 6.42 Å². The van der Waals surface area contributed by atoms with Crippen molar-refractivity contribution in [1.82, 2.24) is 10.2 Å². The molecule has 35 heavy (non-hydrogen) atoms. The fraction of sp³-hybridized carbons (Fsp3) is 0.667. The molecule has 0 aliphatic carbocycles. The van der Waals surface area contributed by atoms with Crippen molar-refractivity contribution in [2.24, 2.45) is 0 Å². The average molecular weight is 491 g/mol. The smallest absolute Gasteiger partial charge is 0.328 e.